The van der Waals surface area contributed by atoms with Crippen LogP contribution in [0, 0.1) is 45.3 Å². The first kappa shape index (κ1) is 18.7. The quantitative estimate of drug-likeness (QED) is 0.475. The van der Waals surface area contributed by atoms with Crippen LogP contribution in [-0.2, 0) is 9.59 Å². The van der Waals surface area contributed by atoms with E-state index in [2.05, 4.69) is 0 Å². The third-order valence-corrected chi connectivity index (χ3v) is 11.2. The molecule has 0 aromatic heterocycles. The summed E-state index contributed by atoms with van der Waals surface area (Å²) in [5.41, 5.74) is -0.272. The highest BCUT2D eigenvalue weighted by Crippen LogP contribution is 2.73. The van der Waals surface area contributed by atoms with Crippen molar-refractivity contribution < 1.29 is 9.59 Å². The molecule has 0 aromatic rings. The standard InChI is InChI=1S/C24H32Cl2O2/c25-19(27)23-10-18-9-22(12-23,13-24(11-18,14-23)20(26)28)2-1-21-6-15-3-16(7-21)5-17(4-15)8-21/h15-18H,1-14H2. The predicted octanol–water partition coefficient (Wildman–Crippen LogP) is 6.47. The Morgan fingerprint density at radius 3 is 1.50 bits per heavy atom. The minimum Gasteiger partial charge on any atom is -0.281 e. The van der Waals surface area contributed by atoms with Crippen LogP contribution in [-0.4, -0.2) is 10.5 Å². The lowest BCUT2D eigenvalue weighted by atomic mass is 9.38. The lowest BCUT2D eigenvalue weighted by molar-refractivity contribution is -0.176. The highest BCUT2D eigenvalue weighted by atomic mass is 35.5. The molecule has 2 nitrogen and oxygen atoms in total. The minimum atomic E-state index is -0.479. The highest BCUT2D eigenvalue weighted by molar-refractivity contribution is 6.65. The van der Waals surface area contributed by atoms with Crippen LogP contribution in [0.1, 0.15) is 89.9 Å². The second-order valence-electron chi connectivity index (χ2n) is 12.5. The topological polar surface area (TPSA) is 34.1 Å². The van der Waals surface area contributed by atoms with Crippen molar-refractivity contribution >= 4 is 33.7 Å². The van der Waals surface area contributed by atoms with Gasteiger partial charge in [-0.05, 0) is 148 Å². The van der Waals surface area contributed by atoms with Crippen molar-refractivity contribution in [1.82, 2.24) is 0 Å². The Morgan fingerprint density at radius 2 is 1.04 bits per heavy atom. The monoisotopic (exact) mass is 422 g/mol. The van der Waals surface area contributed by atoms with Gasteiger partial charge >= 0.3 is 0 Å². The van der Waals surface area contributed by atoms with Gasteiger partial charge in [-0.2, -0.15) is 0 Å². The van der Waals surface area contributed by atoms with Gasteiger partial charge in [0.25, 0.3) is 0 Å². The molecule has 2 unspecified atom stereocenters. The van der Waals surface area contributed by atoms with Gasteiger partial charge in [0.15, 0.2) is 0 Å². The van der Waals surface area contributed by atoms with Gasteiger partial charge in [-0.15, -0.1) is 0 Å². The van der Waals surface area contributed by atoms with Gasteiger partial charge in [0.1, 0.15) is 0 Å². The lowest BCUT2D eigenvalue weighted by Gasteiger charge is -2.65. The molecule has 8 saturated carbocycles. The summed E-state index contributed by atoms with van der Waals surface area (Å²) in [6.07, 6.45) is 16.7. The summed E-state index contributed by atoms with van der Waals surface area (Å²) in [5.74, 6) is 3.40. The van der Waals surface area contributed by atoms with E-state index in [1.165, 1.54) is 57.8 Å². The zero-order valence-corrected chi connectivity index (χ0v) is 18.3. The highest BCUT2D eigenvalue weighted by Gasteiger charge is 2.67. The van der Waals surface area contributed by atoms with Crippen molar-refractivity contribution in [3.8, 4) is 0 Å². The Labute approximate surface area is 178 Å². The van der Waals surface area contributed by atoms with E-state index in [4.69, 9.17) is 23.2 Å². The minimum absolute atomic E-state index is 0.123. The molecule has 0 saturated heterocycles. The summed E-state index contributed by atoms with van der Waals surface area (Å²) in [4.78, 5) is 25.1. The van der Waals surface area contributed by atoms with E-state index in [1.54, 1.807) is 0 Å². The Balaban J connectivity index is 1.28. The molecule has 0 heterocycles. The van der Waals surface area contributed by atoms with E-state index in [0.717, 1.165) is 43.4 Å². The van der Waals surface area contributed by atoms with E-state index < -0.39 is 10.8 Å². The van der Waals surface area contributed by atoms with Crippen LogP contribution in [0.25, 0.3) is 0 Å². The number of hydrogen-bond donors (Lipinski definition) is 0. The molecule has 2 atom stereocenters. The van der Waals surface area contributed by atoms with Gasteiger partial charge in [-0.25, -0.2) is 0 Å². The van der Waals surface area contributed by atoms with E-state index >= 15 is 0 Å². The number of rotatable bonds is 5. The molecule has 0 N–H and O–H groups in total. The van der Waals surface area contributed by atoms with E-state index in [1.807, 2.05) is 0 Å². The lowest BCUT2D eigenvalue weighted by Crippen LogP contribution is -2.60. The van der Waals surface area contributed by atoms with Crippen LogP contribution in [0.15, 0.2) is 0 Å². The Kier molecular flexibility index (Phi) is 3.86. The Bertz CT molecular complexity index is 678. The van der Waals surface area contributed by atoms with Crippen molar-refractivity contribution in [2.45, 2.75) is 89.9 Å². The van der Waals surface area contributed by atoms with Crippen LogP contribution < -0.4 is 0 Å². The first-order chi connectivity index (χ1) is 13.2. The fourth-order valence-corrected chi connectivity index (χ4v) is 10.9. The molecule has 8 fully saturated rings. The first-order valence-corrected chi connectivity index (χ1v) is 12.4. The zero-order valence-electron chi connectivity index (χ0n) is 16.8. The van der Waals surface area contributed by atoms with Gasteiger partial charge < -0.3 is 0 Å². The molecule has 154 valence electrons. The smallest absolute Gasteiger partial charge is 0.227 e. The SMILES string of the molecule is O=C(Cl)C12CC3CC(CCC45CC6CC(CC(C6)C4)C5)(C1)CC(C(=O)Cl)(C3)C2. The summed E-state index contributed by atoms with van der Waals surface area (Å²) < 4.78 is 0. The maximum Gasteiger partial charge on any atom is 0.227 e. The van der Waals surface area contributed by atoms with Gasteiger partial charge in [-0.3, -0.25) is 9.59 Å². The summed E-state index contributed by atoms with van der Waals surface area (Å²) in [6, 6.07) is 0. The molecule has 0 spiro atoms. The number of carbonyl (C=O) groups is 2. The molecular formula is C24H32Cl2O2. The summed E-state index contributed by atoms with van der Waals surface area (Å²) >= 11 is 12.4. The average Bonchev–Trinajstić information content (AvgIpc) is 2.58. The molecule has 0 radical (unpaired) electrons. The molecule has 0 aliphatic heterocycles. The van der Waals surface area contributed by atoms with Crippen molar-refractivity contribution in [3.05, 3.63) is 0 Å². The molecule has 8 aliphatic carbocycles. The fourth-order valence-electron chi connectivity index (χ4n) is 10.5. The van der Waals surface area contributed by atoms with Crippen molar-refractivity contribution in [3.63, 3.8) is 0 Å². The van der Waals surface area contributed by atoms with Crippen molar-refractivity contribution in [2.75, 3.05) is 0 Å². The normalized spacial score (nSPS) is 55.6. The second-order valence-corrected chi connectivity index (χ2v) is 13.2. The summed E-state index contributed by atoms with van der Waals surface area (Å²) in [5, 5.41) is -0.392. The molecule has 4 heteroatoms. The molecule has 28 heavy (non-hydrogen) atoms. The third kappa shape index (κ3) is 2.58. The third-order valence-electron chi connectivity index (χ3n) is 10.4. The zero-order chi connectivity index (χ0) is 19.4. The van der Waals surface area contributed by atoms with Gasteiger partial charge in [0.2, 0.25) is 10.5 Å². The summed E-state index contributed by atoms with van der Waals surface area (Å²) in [6.45, 7) is 0. The van der Waals surface area contributed by atoms with Crippen LogP contribution >= 0.6 is 23.2 Å². The predicted molar refractivity (Wildman–Crippen MR) is 110 cm³/mol. The van der Waals surface area contributed by atoms with Crippen LogP contribution in [0.2, 0.25) is 0 Å². The number of hydrogen-bond acceptors (Lipinski definition) is 2. The van der Waals surface area contributed by atoms with E-state index in [9.17, 15) is 9.59 Å². The number of halogens is 2. The Hall–Kier alpha value is -0.0800. The van der Waals surface area contributed by atoms with Crippen molar-refractivity contribution in [1.29, 1.82) is 0 Å². The van der Waals surface area contributed by atoms with E-state index in [-0.39, 0.29) is 15.9 Å². The molecular weight excluding hydrogens is 391 g/mol. The van der Waals surface area contributed by atoms with Crippen LogP contribution in [0.4, 0.5) is 0 Å². The average molecular weight is 423 g/mol. The molecule has 8 rings (SSSR count). The summed E-state index contributed by atoms with van der Waals surface area (Å²) in [7, 11) is 0. The maximum atomic E-state index is 12.5. The van der Waals surface area contributed by atoms with Gasteiger partial charge in [0.05, 0.1) is 0 Å². The second kappa shape index (κ2) is 5.78. The molecule has 0 amide bonds. The number of carbonyl (C=O) groups excluding carboxylic acids is 2. The largest absolute Gasteiger partial charge is 0.281 e. The van der Waals surface area contributed by atoms with Crippen molar-refractivity contribution in [2.24, 2.45) is 45.3 Å². The first-order valence-electron chi connectivity index (χ1n) is 11.6. The fraction of sp³-hybridized carbons (Fsp3) is 0.917. The van der Waals surface area contributed by atoms with Gasteiger partial charge in [0, 0.05) is 10.8 Å². The molecule has 0 aromatic carbocycles. The van der Waals surface area contributed by atoms with Crippen LogP contribution in [0.5, 0.6) is 0 Å². The van der Waals surface area contributed by atoms with Crippen LogP contribution in [0.3, 0.4) is 0 Å². The molecule has 8 aliphatic rings. The Morgan fingerprint density at radius 1 is 0.607 bits per heavy atom. The molecule has 8 bridgehead atoms. The van der Waals surface area contributed by atoms with Gasteiger partial charge in [-0.1, -0.05) is 0 Å². The van der Waals surface area contributed by atoms with E-state index in [0.29, 0.717) is 17.8 Å². The maximum absolute atomic E-state index is 12.5.